The second kappa shape index (κ2) is 10.9. The minimum Gasteiger partial charge on any atom is -0.328 e. The number of nitrogens with two attached hydrogens (primary N) is 1. The van der Waals surface area contributed by atoms with Gasteiger partial charge in [-0.2, -0.15) is 0 Å². The van der Waals surface area contributed by atoms with E-state index in [0.717, 1.165) is 26.1 Å². The van der Waals surface area contributed by atoms with Crippen LogP contribution in [-0.4, -0.2) is 71.6 Å². The van der Waals surface area contributed by atoms with E-state index in [1.165, 1.54) is 0 Å². The minimum absolute atomic E-state index is 0.254. The van der Waals surface area contributed by atoms with Crippen molar-refractivity contribution < 1.29 is 0 Å². The fourth-order valence-corrected chi connectivity index (χ4v) is 1.59. The second-order valence-corrected chi connectivity index (χ2v) is 4.36. The maximum Gasteiger partial charge on any atom is 0.0718 e. The molecule has 17 heavy (non-hydrogen) atoms. The Hall–Kier alpha value is -0.240. The standard InChI is InChI=1S/C11H30N6/c1-13-7-8-15-10(14-2)5-6-16-11(9-12)17(3)4/h10-11,13-16H,5-9,12H2,1-4H3. The Morgan fingerprint density at radius 3 is 2.24 bits per heavy atom. The lowest BCUT2D eigenvalue weighted by atomic mass is 10.3. The topological polar surface area (TPSA) is 77.4 Å². The zero-order valence-electron chi connectivity index (χ0n) is 11.7. The largest absolute Gasteiger partial charge is 0.328 e. The second-order valence-electron chi connectivity index (χ2n) is 4.36. The van der Waals surface area contributed by atoms with Gasteiger partial charge in [-0.3, -0.25) is 4.90 Å². The molecular weight excluding hydrogens is 216 g/mol. The van der Waals surface area contributed by atoms with E-state index < -0.39 is 0 Å². The molecule has 0 radical (unpaired) electrons. The summed E-state index contributed by atoms with van der Waals surface area (Å²) in [6.07, 6.45) is 1.63. The molecule has 6 N–H and O–H groups in total. The molecule has 104 valence electrons. The van der Waals surface area contributed by atoms with E-state index in [1.807, 2.05) is 28.2 Å². The van der Waals surface area contributed by atoms with Crippen LogP contribution in [0.1, 0.15) is 6.42 Å². The lowest BCUT2D eigenvalue weighted by Crippen LogP contribution is -2.49. The molecule has 0 bridgehead atoms. The average molecular weight is 246 g/mol. The van der Waals surface area contributed by atoms with Crippen molar-refractivity contribution in [3.8, 4) is 0 Å². The Balaban J connectivity index is 3.67. The third-order valence-electron chi connectivity index (χ3n) is 2.77. The van der Waals surface area contributed by atoms with Crippen LogP contribution in [0.5, 0.6) is 0 Å². The van der Waals surface area contributed by atoms with E-state index in [9.17, 15) is 0 Å². The van der Waals surface area contributed by atoms with E-state index in [-0.39, 0.29) is 6.17 Å². The predicted molar refractivity (Wildman–Crippen MR) is 73.9 cm³/mol. The molecule has 0 heterocycles. The SMILES string of the molecule is CNCCNC(CCNC(CN)N(C)C)NC. The summed E-state index contributed by atoms with van der Waals surface area (Å²) in [5.41, 5.74) is 5.68. The molecule has 0 saturated heterocycles. The summed E-state index contributed by atoms with van der Waals surface area (Å²) >= 11 is 0. The molecule has 0 aliphatic rings. The highest BCUT2D eigenvalue weighted by Gasteiger charge is 2.09. The van der Waals surface area contributed by atoms with Crippen molar-refractivity contribution in [1.29, 1.82) is 0 Å². The van der Waals surface area contributed by atoms with Gasteiger partial charge in [-0.25, -0.2) is 0 Å². The van der Waals surface area contributed by atoms with Gasteiger partial charge in [-0.1, -0.05) is 0 Å². The molecular formula is C11H30N6. The molecule has 6 nitrogen and oxygen atoms in total. The smallest absolute Gasteiger partial charge is 0.0718 e. The molecule has 0 saturated carbocycles. The van der Waals surface area contributed by atoms with Crippen molar-refractivity contribution in [2.75, 3.05) is 54.4 Å². The summed E-state index contributed by atoms with van der Waals surface area (Å²) < 4.78 is 0. The first kappa shape index (κ1) is 16.8. The van der Waals surface area contributed by atoms with E-state index in [1.54, 1.807) is 0 Å². The highest BCUT2D eigenvalue weighted by molar-refractivity contribution is 4.68. The van der Waals surface area contributed by atoms with Gasteiger partial charge in [-0.15, -0.1) is 0 Å². The molecule has 0 spiro atoms. The fraction of sp³-hybridized carbons (Fsp3) is 1.00. The van der Waals surface area contributed by atoms with Crippen molar-refractivity contribution in [1.82, 2.24) is 26.2 Å². The quantitative estimate of drug-likeness (QED) is 0.218. The lowest BCUT2D eigenvalue weighted by Gasteiger charge is -2.25. The highest BCUT2D eigenvalue weighted by Crippen LogP contribution is 1.89. The van der Waals surface area contributed by atoms with Gasteiger partial charge in [0.05, 0.1) is 12.3 Å². The van der Waals surface area contributed by atoms with Gasteiger partial charge in [0, 0.05) is 19.6 Å². The maximum absolute atomic E-state index is 5.68. The third-order valence-corrected chi connectivity index (χ3v) is 2.77. The first-order chi connectivity index (χ1) is 8.15. The number of hydrogen-bond donors (Lipinski definition) is 5. The average Bonchev–Trinajstić information content (AvgIpc) is 2.32. The lowest BCUT2D eigenvalue weighted by molar-refractivity contribution is 0.246. The Kier molecular flexibility index (Phi) is 10.7. The summed E-state index contributed by atoms with van der Waals surface area (Å²) in [5, 5.41) is 13.2. The summed E-state index contributed by atoms with van der Waals surface area (Å²) in [6, 6.07) is 0. The molecule has 0 amide bonds. The molecule has 6 heteroatoms. The van der Waals surface area contributed by atoms with Crippen LogP contribution in [0, 0.1) is 0 Å². The molecule has 0 rings (SSSR count). The molecule has 2 unspecified atom stereocenters. The number of nitrogens with zero attached hydrogens (tertiary/aromatic N) is 1. The van der Waals surface area contributed by atoms with E-state index in [4.69, 9.17) is 5.73 Å². The molecule has 0 aliphatic carbocycles. The van der Waals surface area contributed by atoms with Crippen LogP contribution >= 0.6 is 0 Å². The Morgan fingerprint density at radius 2 is 1.76 bits per heavy atom. The first-order valence-electron chi connectivity index (χ1n) is 6.30. The zero-order valence-corrected chi connectivity index (χ0v) is 11.7. The van der Waals surface area contributed by atoms with Crippen molar-refractivity contribution >= 4 is 0 Å². The summed E-state index contributed by atoms with van der Waals surface area (Å²) in [5.74, 6) is 0. The Morgan fingerprint density at radius 1 is 1.06 bits per heavy atom. The Bertz CT molecular complexity index is 164. The molecule has 0 aromatic carbocycles. The number of hydrogen-bond acceptors (Lipinski definition) is 6. The summed E-state index contributed by atoms with van der Waals surface area (Å²) in [4.78, 5) is 2.10. The first-order valence-corrected chi connectivity index (χ1v) is 6.30. The summed E-state index contributed by atoms with van der Waals surface area (Å²) in [7, 11) is 8.00. The van der Waals surface area contributed by atoms with Gasteiger partial charge < -0.3 is 27.0 Å². The number of rotatable bonds is 11. The van der Waals surface area contributed by atoms with E-state index in [2.05, 4.69) is 26.2 Å². The van der Waals surface area contributed by atoms with Gasteiger partial charge in [0.15, 0.2) is 0 Å². The zero-order chi connectivity index (χ0) is 13.1. The van der Waals surface area contributed by atoms with Crippen LogP contribution < -0.4 is 27.0 Å². The summed E-state index contributed by atoms with van der Waals surface area (Å²) in [6.45, 7) is 3.52. The predicted octanol–water partition coefficient (Wildman–Crippen LogP) is -1.83. The van der Waals surface area contributed by atoms with Gasteiger partial charge in [0.1, 0.15) is 0 Å². The van der Waals surface area contributed by atoms with E-state index >= 15 is 0 Å². The van der Waals surface area contributed by atoms with Crippen molar-refractivity contribution in [2.24, 2.45) is 5.73 Å². The van der Waals surface area contributed by atoms with Crippen LogP contribution in [0.3, 0.4) is 0 Å². The molecule has 0 aromatic heterocycles. The molecule has 2 atom stereocenters. The van der Waals surface area contributed by atoms with Crippen molar-refractivity contribution in [3.05, 3.63) is 0 Å². The Labute approximate surface area is 106 Å². The van der Waals surface area contributed by atoms with Crippen LogP contribution in [0.2, 0.25) is 0 Å². The van der Waals surface area contributed by atoms with Crippen LogP contribution in [-0.2, 0) is 0 Å². The van der Waals surface area contributed by atoms with Gasteiger partial charge >= 0.3 is 0 Å². The number of nitrogens with one attached hydrogen (secondary N) is 4. The van der Waals surface area contributed by atoms with Gasteiger partial charge in [-0.05, 0) is 41.2 Å². The van der Waals surface area contributed by atoms with Crippen molar-refractivity contribution in [3.63, 3.8) is 0 Å². The van der Waals surface area contributed by atoms with Crippen molar-refractivity contribution in [2.45, 2.75) is 18.8 Å². The molecule has 0 aromatic rings. The van der Waals surface area contributed by atoms with E-state index in [0.29, 0.717) is 12.7 Å². The van der Waals surface area contributed by atoms with Gasteiger partial charge in [0.25, 0.3) is 0 Å². The van der Waals surface area contributed by atoms with Gasteiger partial charge in [0.2, 0.25) is 0 Å². The highest BCUT2D eigenvalue weighted by atomic mass is 15.2. The number of likely N-dealkylation sites (N-methyl/N-ethyl adjacent to an activating group) is 2. The maximum atomic E-state index is 5.68. The minimum atomic E-state index is 0.254. The molecule has 0 aliphatic heterocycles. The fourth-order valence-electron chi connectivity index (χ4n) is 1.59. The van der Waals surface area contributed by atoms with Crippen LogP contribution in [0.25, 0.3) is 0 Å². The third kappa shape index (κ3) is 8.48. The molecule has 0 fully saturated rings. The monoisotopic (exact) mass is 246 g/mol. The van der Waals surface area contributed by atoms with Crippen LogP contribution in [0.4, 0.5) is 0 Å². The normalized spacial score (nSPS) is 15.2. The van der Waals surface area contributed by atoms with Crippen LogP contribution in [0.15, 0.2) is 0 Å².